The normalized spacial score (nSPS) is 12.7. The van der Waals surface area contributed by atoms with Crippen LogP contribution in [0.1, 0.15) is 25.8 Å². The zero-order valence-corrected chi connectivity index (χ0v) is 10.8. The van der Waals surface area contributed by atoms with E-state index in [1.807, 2.05) is 24.3 Å². The molecule has 1 N–H and O–H groups in total. The Morgan fingerprint density at radius 2 is 2.25 bits per heavy atom. The first-order chi connectivity index (χ1) is 7.72. The second-order valence-electron chi connectivity index (χ2n) is 3.96. The van der Waals surface area contributed by atoms with Crippen molar-refractivity contribution >= 4 is 11.6 Å². The number of ether oxygens (including phenoxy) is 1. The van der Waals surface area contributed by atoms with Crippen LogP contribution in [-0.2, 0) is 11.3 Å². The van der Waals surface area contributed by atoms with E-state index in [0.717, 1.165) is 30.1 Å². The highest BCUT2D eigenvalue weighted by Gasteiger charge is 2.02. The Kier molecular flexibility index (Phi) is 6.46. The van der Waals surface area contributed by atoms with E-state index in [1.165, 1.54) is 0 Å². The molecule has 0 aliphatic carbocycles. The summed E-state index contributed by atoms with van der Waals surface area (Å²) in [5.74, 6) is 0. The molecule has 0 aromatic heterocycles. The summed E-state index contributed by atoms with van der Waals surface area (Å²) in [6.07, 6.45) is 1.38. The molecule has 0 heterocycles. The number of benzene rings is 1. The average molecular weight is 242 g/mol. The predicted molar refractivity (Wildman–Crippen MR) is 68.9 cm³/mol. The van der Waals surface area contributed by atoms with Crippen molar-refractivity contribution in [3.05, 3.63) is 34.9 Å². The molecule has 0 aliphatic rings. The van der Waals surface area contributed by atoms with Crippen molar-refractivity contribution in [1.29, 1.82) is 0 Å². The first-order valence-electron chi connectivity index (χ1n) is 5.79. The Balaban J connectivity index is 2.23. The third kappa shape index (κ3) is 5.50. The maximum atomic E-state index is 5.89. The van der Waals surface area contributed by atoms with Crippen LogP contribution in [0.4, 0.5) is 0 Å². The fourth-order valence-electron chi connectivity index (χ4n) is 1.41. The van der Waals surface area contributed by atoms with Gasteiger partial charge in [-0.05, 0) is 37.6 Å². The van der Waals surface area contributed by atoms with Crippen LogP contribution in [0.25, 0.3) is 0 Å². The van der Waals surface area contributed by atoms with Gasteiger partial charge in [-0.25, -0.2) is 0 Å². The zero-order chi connectivity index (χ0) is 11.8. The van der Waals surface area contributed by atoms with E-state index in [-0.39, 0.29) is 6.10 Å². The summed E-state index contributed by atoms with van der Waals surface area (Å²) >= 11 is 5.89. The predicted octanol–water partition coefficient (Wildman–Crippen LogP) is 3.24. The molecule has 0 saturated heterocycles. The lowest BCUT2D eigenvalue weighted by Crippen LogP contribution is -2.27. The second kappa shape index (κ2) is 7.66. The molecule has 1 rings (SSSR count). The number of nitrogens with one attached hydrogen (secondary N) is 1. The number of hydrogen-bond acceptors (Lipinski definition) is 2. The van der Waals surface area contributed by atoms with Gasteiger partial charge in [-0.1, -0.05) is 30.7 Å². The molecule has 0 amide bonds. The van der Waals surface area contributed by atoms with Gasteiger partial charge in [-0.15, -0.1) is 0 Å². The Bertz CT molecular complexity index is 304. The molecular formula is C13H20ClNO. The summed E-state index contributed by atoms with van der Waals surface area (Å²) < 4.78 is 5.71. The van der Waals surface area contributed by atoms with E-state index in [0.29, 0.717) is 6.61 Å². The second-order valence-corrected chi connectivity index (χ2v) is 4.39. The van der Waals surface area contributed by atoms with E-state index in [9.17, 15) is 0 Å². The number of hydrogen-bond donors (Lipinski definition) is 1. The van der Waals surface area contributed by atoms with Gasteiger partial charge in [-0.2, -0.15) is 0 Å². The molecule has 0 spiro atoms. The van der Waals surface area contributed by atoms with Gasteiger partial charge in [0.2, 0.25) is 0 Å². The van der Waals surface area contributed by atoms with Crippen LogP contribution in [0.2, 0.25) is 5.02 Å². The molecule has 0 bridgehead atoms. The van der Waals surface area contributed by atoms with Gasteiger partial charge in [0, 0.05) is 11.6 Å². The number of rotatable bonds is 7. The lowest BCUT2D eigenvalue weighted by Gasteiger charge is -2.13. The standard InChI is InChI=1S/C13H20ClNO/c1-3-7-15-9-11(2)16-10-12-5-4-6-13(14)8-12/h4-6,8,11,15H,3,7,9-10H2,1-2H3. The Labute approximate surface area is 103 Å². The Morgan fingerprint density at radius 1 is 1.44 bits per heavy atom. The zero-order valence-electron chi connectivity index (χ0n) is 10.0. The summed E-state index contributed by atoms with van der Waals surface area (Å²) in [7, 11) is 0. The third-order valence-corrected chi connectivity index (χ3v) is 2.52. The van der Waals surface area contributed by atoms with E-state index < -0.39 is 0 Å². The highest BCUT2D eigenvalue weighted by atomic mass is 35.5. The summed E-state index contributed by atoms with van der Waals surface area (Å²) in [5, 5.41) is 4.09. The van der Waals surface area contributed by atoms with Crippen molar-refractivity contribution in [2.24, 2.45) is 0 Å². The maximum Gasteiger partial charge on any atom is 0.0721 e. The molecule has 1 atom stereocenters. The third-order valence-electron chi connectivity index (χ3n) is 2.28. The fourth-order valence-corrected chi connectivity index (χ4v) is 1.62. The number of halogens is 1. The molecule has 90 valence electrons. The highest BCUT2D eigenvalue weighted by Crippen LogP contribution is 2.11. The van der Waals surface area contributed by atoms with Crippen LogP contribution in [0, 0.1) is 0 Å². The smallest absolute Gasteiger partial charge is 0.0721 e. The van der Waals surface area contributed by atoms with E-state index in [1.54, 1.807) is 0 Å². The van der Waals surface area contributed by atoms with E-state index in [2.05, 4.69) is 19.2 Å². The van der Waals surface area contributed by atoms with E-state index >= 15 is 0 Å². The van der Waals surface area contributed by atoms with Crippen LogP contribution >= 0.6 is 11.6 Å². The van der Waals surface area contributed by atoms with Crippen LogP contribution < -0.4 is 5.32 Å². The van der Waals surface area contributed by atoms with Crippen molar-refractivity contribution in [3.8, 4) is 0 Å². The van der Waals surface area contributed by atoms with Gasteiger partial charge in [0.05, 0.1) is 12.7 Å². The van der Waals surface area contributed by atoms with Crippen molar-refractivity contribution in [1.82, 2.24) is 5.32 Å². The largest absolute Gasteiger partial charge is 0.373 e. The van der Waals surface area contributed by atoms with Gasteiger partial charge >= 0.3 is 0 Å². The molecule has 0 radical (unpaired) electrons. The molecule has 1 unspecified atom stereocenters. The highest BCUT2D eigenvalue weighted by molar-refractivity contribution is 6.30. The van der Waals surface area contributed by atoms with Crippen LogP contribution in [0.3, 0.4) is 0 Å². The van der Waals surface area contributed by atoms with E-state index in [4.69, 9.17) is 16.3 Å². The minimum atomic E-state index is 0.227. The maximum absolute atomic E-state index is 5.89. The quantitative estimate of drug-likeness (QED) is 0.740. The van der Waals surface area contributed by atoms with Crippen molar-refractivity contribution in [2.75, 3.05) is 13.1 Å². The average Bonchev–Trinajstić information content (AvgIpc) is 2.27. The van der Waals surface area contributed by atoms with Gasteiger partial charge in [-0.3, -0.25) is 0 Å². The SMILES string of the molecule is CCCNCC(C)OCc1cccc(Cl)c1. The monoisotopic (exact) mass is 241 g/mol. The molecule has 1 aromatic carbocycles. The van der Waals surface area contributed by atoms with Crippen LogP contribution in [-0.4, -0.2) is 19.2 Å². The first kappa shape index (κ1) is 13.5. The first-order valence-corrected chi connectivity index (χ1v) is 6.17. The van der Waals surface area contributed by atoms with Crippen LogP contribution in [0.5, 0.6) is 0 Å². The molecule has 1 aromatic rings. The summed E-state index contributed by atoms with van der Waals surface area (Å²) in [4.78, 5) is 0. The lowest BCUT2D eigenvalue weighted by atomic mass is 10.2. The summed E-state index contributed by atoms with van der Waals surface area (Å²) in [5.41, 5.74) is 1.12. The molecule has 0 aliphatic heterocycles. The Morgan fingerprint density at radius 3 is 2.94 bits per heavy atom. The van der Waals surface area contributed by atoms with Gasteiger partial charge in [0.25, 0.3) is 0 Å². The molecule has 16 heavy (non-hydrogen) atoms. The molecule has 0 saturated carbocycles. The minimum Gasteiger partial charge on any atom is -0.373 e. The fraction of sp³-hybridized carbons (Fsp3) is 0.538. The molecule has 2 nitrogen and oxygen atoms in total. The summed E-state index contributed by atoms with van der Waals surface area (Å²) in [6, 6.07) is 7.78. The van der Waals surface area contributed by atoms with Crippen molar-refractivity contribution in [3.63, 3.8) is 0 Å². The van der Waals surface area contributed by atoms with Gasteiger partial charge < -0.3 is 10.1 Å². The van der Waals surface area contributed by atoms with Crippen LogP contribution in [0.15, 0.2) is 24.3 Å². The van der Waals surface area contributed by atoms with Crippen molar-refractivity contribution in [2.45, 2.75) is 33.0 Å². The molecule has 0 fully saturated rings. The molecule has 3 heteroatoms. The van der Waals surface area contributed by atoms with Crippen molar-refractivity contribution < 1.29 is 4.74 Å². The summed E-state index contributed by atoms with van der Waals surface area (Å²) in [6.45, 7) is 6.80. The lowest BCUT2D eigenvalue weighted by molar-refractivity contribution is 0.0533. The van der Waals surface area contributed by atoms with Gasteiger partial charge in [0.15, 0.2) is 0 Å². The topological polar surface area (TPSA) is 21.3 Å². The molecular weight excluding hydrogens is 222 g/mol. The Hall–Kier alpha value is -0.570. The minimum absolute atomic E-state index is 0.227. The van der Waals surface area contributed by atoms with Gasteiger partial charge in [0.1, 0.15) is 0 Å².